The Morgan fingerprint density at radius 3 is 2.31 bits per heavy atom. The van der Waals surface area contributed by atoms with Crippen LogP contribution in [0.1, 0.15) is 32.0 Å². The van der Waals surface area contributed by atoms with Crippen LogP contribution in [0.4, 0.5) is 19.3 Å². The van der Waals surface area contributed by atoms with E-state index >= 15 is 0 Å². The van der Waals surface area contributed by atoms with E-state index in [1.54, 1.807) is 32.9 Å². The summed E-state index contributed by atoms with van der Waals surface area (Å²) >= 11 is 0. The number of carbonyl (C=O) groups is 1. The second kappa shape index (κ2) is 9.24. The lowest BCUT2D eigenvalue weighted by atomic mass is 10.1. The minimum Gasteiger partial charge on any atom is -0.495 e. The molecule has 1 aliphatic heterocycles. The molecule has 1 aromatic heterocycles. The molecule has 0 spiro atoms. The highest BCUT2D eigenvalue weighted by Crippen LogP contribution is 2.38. The van der Waals surface area contributed by atoms with E-state index in [1.165, 1.54) is 29.9 Å². The predicted octanol–water partition coefficient (Wildman–Crippen LogP) is 5.19. The van der Waals surface area contributed by atoms with Crippen LogP contribution in [0.25, 0.3) is 11.3 Å². The first-order valence-corrected chi connectivity index (χ1v) is 13.2. The fraction of sp³-hybridized carbons (Fsp3) is 0.346. The number of benzene rings is 2. The van der Waals surface area contributed by atoms with Gasteiger partial charge in [-0.1, -0.05) is 6.07 Å². The van der Waals surface area contributed by atoms with Crippen LogP contribution in [0.3, 0.4) is 0 Å². The van der Waals surface area contributed by atoms with Crippen molar-refractivity contribution in [2.24, 2.45) is 0 Å². The van der Waals surface area contributed by atoms with E-state index in [-0.39, 0.29) is 16.2 Å². The number of hydrogen-bond donors (Lipinski definition) is 0. The molecule has 0 saturated carbocycles. The fourth-order valence-corrected chi connectivity index (χ4v) is 4.97. The van der Waals surface area contributed by atoms with Gasteiger partial charge in [-0.25, -0.2) is 26.6 Å². The standard InChI is InChI=1S/C26H28F2N2O5S/c1-26(2,3)35-25(31)30-20-11-12-29(21-10-9-17(36(5,32)33)14-23(21)34-4)15-16(20)13-22(30)24-18(27)7-6-8-19(24)28/h6-10,13-14H,11-12,15H2,1-5H3. The van der Waals surface area contributed by atoms with Crippen LogP contribution in [0, 0.1) is 11.6 Å². The van der Waals surface area contributed by atoms with Gasteiger partial charge in [0.2, 0.25) is 0 Å². The molecule has 0 aliphatic carbocycles. The number of anilines is 1. The van der Waals surface area contributed by atoms with Crippen molar-refractivity contribution >= 4 is 21.6 Å². The van der Waals surface area contributed by atoms with Crippen molar-refractivity contribution in [1.29, 1.82) is 0 Å². The lowest BCUT2D eigenvalue weighted by molar-refractivity contribution is 0.0535. The van der Waals surface area contributed by atoms with Crippen LogP contribution in [-0.2, 0) is 27.5 Å². The number of fused-ring (bicyclic) bond motifs is 1. The molecule has 3 aromatic rings. The first kappa shape index (κ1) is 25.7. The predicted molar refractivity (Wildman–Crippen MR) is 132 cm³/mol. The van der Waals surface area contributed by atoms with Crippen LogP contribution in [0.2, 0.25) is 0 Å². The molecule has 0 saturated heterocycles. The average Bonchev–Trinajstić information content (AvgIpc) is 3.15. The molecule has 36 heavy (non-hydrogen) atoms. The number of nitrogens with zero attached hydrogens (tertiary/aromatic N) is 2. The third-order valence-corrected chi connectivity index (χ3v) is 7.00. The fourth-order valence-electron chi connectivity index (χ4n) is 4.33. The van der Waals surface area contributed by atoms with Crippen molar-refractivity contribution in [1.82, 2.24) is 4.57 Å². The number of methoxy groups -OCH3 is 1. The third kappa shape index (κ3) is 4.95. The highest BCUT2D eigenvalue weighted by molar-refractivity contribution is 7.90. The molecule has 4 rings (SSSR count). The maximum Gasteiger partial charge on any atom is 0.419 e. The van der Waals surface area contributed by atoms with E-state index in [0.717, 1.165) is 18.4 Å². The smallest absolute Gasteiger partial charge is 0.419 e. The Hall–Kier alpha value is -3.40. The molecule has 2 aromatic carbocycles. The first-order valence-electron chi connectivity index (χ1n) is 11.3. The minimum atomic E-state index is -3.42. The number of hydrogen-bond acceptors (Lipinski definition) is 6. The maximum atomic E-state index is 14.8. The quantitative estimate of drug-likeness (QED) is 0.473. The summed E-state index contributed by atoms with van der Waals surface area (Å²) in [6, 6.07) is 9.80. The van der Waals surface area contributed by atoms with Gasteiger partial charge in [0.1, 0.15) is 23.0 Å². The number of carbonyl (C=O) groups excluding carboxylic acids is 1. The van der Waals surface area contributed by atoms with E-state index in [9.17, 15) is 22.0 Å². The van der Waals surface area contributed by atoms with Gasteiger partial charge in [0.15, 0.2) is 9.84 Å². The minimum absolute atomic E-state index is 0.0751. The summed E-state index contributed by atoms with van der Waals surface area (Å²) in [4.78, 5) is 15.3. The van der Waals surface area contributed by atoms with E-state index in [1.807, 2.05) is 4.90 Å². The van der Waals surface area contributed by atoms with Crippen molar-refractivity contribution in [3.8, 4) is 17.0 Å². The van der Waals surface area contributed by atoms with Gasteiger partial charge >= 0.3 is 6.09 Å². The Bertz CT molecular complexity index is 1420. The topological polar surface area (TPSA) is 77.8 Å². The summed E-state index contributed by atoms with van der Waals surface area (Å²) < 4.78 is 65.8. The van der Waals surface area contributed by atoms with Gasteiger partial charge in [0.25, 0.3) is 0 Å². The van der Waals surface area contributed by atoms with Crippen LogP contribution >= 0.6 is 0 Å². The molecule has 0 fully saturated rings. The van der Waals surface area contributed by atoms with Gasteiger partial charge in [0, 0.05) is 37.5 Å². The Labute approximate surface area is 209 Å². The van der Waals surface area contributed by atoms with Gasteiger partial charge in [-0.2, -0.15) is 0 Å². The number of ether oxygens (including phenoxy) is 2. The van der Waals surface area contributed by atoms with E-state index < -0.39 is 33.2 Å². The number of halogens is 2. The Kier molecular flexibility index (Phi) is 6.59. The molecule has 0 unspecified atom stereocenters. The van der Waals surface area contributed by atoms with Crippen LogP contribution in [-0.4, -0.2) is 44.6 Å². The molecule has 0 radical (unpaired) electrons. The Balaban J connectivity index is 1.81. The van der Waals surface area contributed by atoms with Gasteiger partial charge in [0.05, 0.1) is 29.0 Å². The summed E-state index contributed by atoms with van der Waals surface area (Å²) in [6.45, 7) is 5.92. The first-order chi connectivity index (χ1) is 16.8. The SMILES string of the molecule is COc1cc(S(C)(=O)=O)ccc1N1CCc2c(cc(-c3c(F)cccc3F)n2C(=O)OC(C)(C)C)C1. The van der Waals surface area contributed by atoms with Crippen molar-refractivity contribution < 1.29 is 31.5 Å². The zero-order valence-corrected chi connectivity index (χ0v) is 21.6. The second-order valence-corrected chi connectivity index (χ2v) is 11.7. The van der Waals surface area contributed by atoms with Gasteiger partial charge < -0.3 is 14.4 Å². The number of rotatable bonds is 4. The largest absolute Gasteiger partial charge is 0.495 e. The monoisotopic (exact) mass is 518 g/mol. The van der Waals surface area contributed by atoms with Crippen molar-refractivity contribution in [3.63, 3.8) is 0 Å². The molecule has 0 amide bonds. The van der Waals surface area contributed by atoms with Gasteiger partial charge in [-0.3, -0.25) is 0 Å². The van der Waals surface area contributed by atoms with E-state index in [0.29, 0.717) is 42.2 Å². The van der Waals surface area contributed by atoms with Crippen molar-refractivity contribution in [2.45, 2.75) is 44.2 Å². The van der Waals surface area contributed by atoms with Crippen LogP contribution < -0.4 is 9.64 Å². The number of sulfone groups is 1. The second-order valence-electron chi connectivity index (χ2n) is 9.69. The lowest BCUT2D eigenvalue weighted by Crippen LogP contribution is -2.33. The van der Waals surface area contributed by atoms with E-state index in [2.05, 4.69) is 0 Å². The molecular formula is C26H28F2N2O5S. The highest BCUT2D eigenvalue weighted by Gasteiger charge is 2.31. The molecule has 10 heteroatoms. The summed E-state index contributed by atoms with van der Waals surface area (Å²) in [5, 5.41) is 0. The van der Waals surface area contributed by atoms with Crippen molar-refractivity contribution in [2.75, 3.05) is 24.8 Å². The summed E-state index contributed by atoms with van der Waals surface area (Å²) in [5.41, 5.74) is 0.919. The van der Waals surface area contributed by atoms with Gasteiger partial charge in [-0.05, 0) is 56.7 Å². The van der Waals surface area contributed by atoms with Gasteiger partial charge in [-0.15, -0.1) is 0 Å². The Morgan fingerprint density at radius 2 is 1.72 bits per heavy atom. The molecule has 2 heterocycles. The highest BCUT2D eigenvalue weighted by atomic mass is 32.2. The lowest BCUT2D eigenvalue weighted by Gasteiger charge is -2.31. The molecular weight excluding hydrogens is 490 g/mol. The van der Waals surface area contributed by atoms with Crippen molar-refractivity contribution in [3.05, 3.63) is 65.4 Å². The third-order valence-electron chi connectivity index (χ3n) is 5.89. The molecule has 0 N–H and O–H groups in total. The van der Waals surface area contributed by atoms with E-state index in [4.69, 9.17) is 9.47 Å². The zero-order chi connectivity index (χ0) is 26.4. The zero-order valence-electron chi connectivity index (χ0n) is 20.8. The summed E-state index contributed by atoms with van der Waals surface area (Å²) in [5.74, 6) is -1.19. The van der Waals surface area contributed by atoms with Crippen LogP contribution in [0.5, 0.6) is 5.75 Å². The summed E-state index contributed by atoms with van der Waals surface area (Å²) in [6.07, 6.45) is 0.781. The number of aromatic nitrogens is 1. The normalized spacial score (nSPS) is 13.9. The molecule has 0 bridgehead atoms. The Morgan fingerprint density at radius 1 is 1.06 bits per heavy atom. The molecule has 1 aliphatic rings. The van der Waals surface area contributed by atoms with Crippen LogP contribution in [0.15, 0.2) is 47.4 Å². The maximum absolute atomic E-state index is 14.8. The molecule has 7 nitrogen and oxygen atoms in total. The molecule has 192 valence electrons. The average molecular weight is 519 g/mol. The summed E-state index contributed by atoms with van der Waals surface area (Å²) in [7, 11) is -1.96. The molecule has 0 atom stereocenters.